The normalized spacial score (nSPS) is 22.2. The Morgan fingerprint density at radius 3 is 2.20 bits per heavy atom. The van der Waals surface area contributed by atoms with E-state index in [1.807, 2.05) is 12.1 Å². The summed E-state index contributed by atoms with van der Waals surface area (Å²) < 4.78 is 52.0. The van der Waals surface area contributed by atoms with Gasteiger partial charge in [-0.25, -0.2) is 21.6 Å². The summed E-state index contributed by atoms with van der Waals surface area (Å²) in [4.78, 5) is 0.319. The van der Waals surface area contributed by atoms with Gasteiger partial charge in [-0.1, -0.05) is 38.8 Å². The predicted octanol–water partition coefficient (Wildman–Crippen LogP) is 3.08. The molecule has 25 heavy (non-hydrogen) atoms. The van der Waals surface area contributed by atoms with Crippen molar-refractivity contribution in [3.63, 3.8) is 0 Å². The number of sulfonamides is 1. The molecule has 0 radical (unpaired) electrons. The first-order chi connectivity index (χ1) is 11.6. The second-order valence-electron chi connectivity index (χ2n) is 7.18. The highest BCUT2D eigenvalue weighted by molar-refractivity contribution is 7.91. The lowest BCUT2D eigenvalue weighted by Crippen LogP contribution is -2.44. The van der Waals surface area contributed by atoms with E-state index < -0.39 is 19.9 Å². The summed E-state index contributed by atoms with van der Waals surface area (Å²) >= 11 is 0. The van der Waals surface area contributed by atoms with Crippen LogP contribution in [0.3, 0.4) is 0 Å². The van der Waals surface area contributed by atoms with Crippen molar-refractivity contribution < 1.29 is 16.8 Å². The smallest absolute Gasteiger partial charge is 0.211 e. The molecular formula is C18H29NO4S2. The lowest BCUT2D eigenvalue weighted by atomic mass is 9.86. The second-order valence-corrected chi connectivity index (χ2v) is 11.3. The maximum absolute atomic E-state index is 12.8. The number of hydrogen-bond donors (Lipinski definition) is 1. The molecule has 0 amide bonds. The third kappa shape index (κ3) is 5.53. The molecule has 0 spiro atoms. The summed E-state index contributed by atoms with van der Waals surface area (Å²) in [7, 11) is -6.76. The summed E-state index contributed by atoms with van der Waals surface area (Å²) in [6.45, 7) is 5.72. The molecular weight excluding hydrogens is 358 g/mol. The molecule has 1 aromatic carbocycles. The fraction of sp³-hybridized carbons (Fsp3) is 0.667. The van der Waals surface area contributed by atoms with E-state index in [1.165, 1.54) is 0 Å². The largest absolute Gasteiger partial charge is 0.224 e. The van der Waals surface area contributed by atoms with Gasteiger partial charge in [-0.15, -0.1) is 0 Å². The van der Waals surface area contributed by atoms with Crippen molar-refractivity contribution in [1.82, 2.24) is 4.72 Å². The SMILES string of the molecule is CCS(=O)(=O)NC1CCCCC1CS(=O)(=O)c1ccc(C(C)C)cc1. The van der Waals surface area contributed by atoms with Crippen LogP contribution in [0.25, 0.3) is 0 Å². The van der Waals surface area contributed by atoms with Gasteiger partial charge in [0.05, 0.1) is 16.4 Å². The van der Waals surface area contributed by atoms with E-state index in [0.29, 0.717) is 17.2 Å². The van der Waals surface area contributed by atoms with Gasteiger partial charge in [0.15, 0.2) is 9.84 Å². The molecule has 2 atom stereocenters. The van der Waals surface area contributed by atoms with Gasteiger partial charge in [-0.3, -0.25) is 0 Å². The Bertz CT molecular complexity index is 768. The Morgan fingerprint density at radius 2 is 1.64 bits per heavy atom. The van der Waals surface area contributed by atoms with Crippen LogP contribution in [-0.4, -0.2) is 34.4 Å². The second kappa shape index (κ2) is 8.18. The topological polar surface area (TPSA) is 80.3 Å². The molecule has 7 heteroatoms. The monoisotopic (exact) mass is 387 g/mol. The number of hydrogen-bond acceptors (Lipinski definition) is 4. The summed E-state index contributed by atoms with van der Waals surface area (Å²) in [6, 6.07) is 6.76. The molecule has 2 rings (SSSR count). The van der Waals surface area contributed by atoms with Crippen LogP contribution < -0.4 is 4.72 Å². The van der Waals surface area contributed by atoms with Gasteiger partial charge in [0, 0.05) is 6.04 Å². The van der Waals surface area contributed by atoms with Crippen LogP contribution in [0.15, 0.2) is 29.2 Å². The Hall–Kier alpha value is -0.920. The number of benzene rings is 1. The van der Waals surface area contributed by atoms with Crippen LogP contribution in [0.2, 0.25) is 0 Å². The first kappa shape index (κ1) is 20.4. The van der Waals surface area contributed by atoms with E-state index >= 15 is 0 Å². The Kier molecular flexibility index (Phi) is 6.68. The van der Waals surface area contributed by atoms with Gasteiger partial charge in [0.2, 0.25) is 10.0 Å². The molecule has 142 valence electrons. The lowest BCUT2D eigenvalue weighted by molar-refractivity contribution is 0.311. The minimum Gasteiger partial charge on any atom is -0.224 e. The average molecular weight is 388 g/mol. The van der Waals surface area contributed by atoms with Crippen molar-refractivity contribution in [2.75, 3.05) is 11.5 Å². The zero-order valence-electron chi connectivity index (χ0n) is 15.2. The van der Waals surface area contributed by atoms with E-state index in [-0.39, 0.29) is 23.5 Å². The third-order valence-electron chi connectivity index (χ3n) is 4.96. The molecule has 0 aromatic heterocycles. The fourth-order valence-electron chi connectivity index (χ4n) is 3.31. The minimum atomic E-state index is -3.43. The molecule has 0 bridgehead atoms. The Labute approximate surface area is 152 Å². The maximum Gasteiger partial charge on any atom is 0.211 e. The standard InChI is InChI=1S/C18H29NO4S2/c1-4-25(22,23)19-18-8-6-5-7-16(18)13-24(20,21)17-11-9-15(10-12-17)14(2)3/h9-12,14,16,18-19H,4-8,13H2,1-3H3. The van der Waals surface area contributed by atoms with E-state index in [0.717, 1.165) is 24.8 Å². The highest BCUT2D eigenvalue weighted by Crippen LogP contribution is 2.28. The lowest BCUT2D eigenvalue weighted by Gasteiger charge is -2.31. The minimum absolute atomic E-state index is 0.00900. The van der Waals surface area contributed by atoms with Crippen LogP contribution >= 0.6 is 0 Å². The summed E-state index contributed by atoms with van der Waals surface area (Å²) in [5, 5.41) is 0. The molecule has 1 aliphatic rings. The first-order valence-corrected chi connectivity index (χ1v) is 12.3. The summed E-state index contributed by atoms with van der Waals surface area (Å²) in [6.07, 6.45) is 3.30. The molecule has 1 saturated carbocycles. The average Bonchev–Trinajstić information content (AvgIpc) is 2.56. The fourth-order valence-corrected chi connectivity index (χ4v) is 5.96. The van der Waals surface area contributed by atoms with Gasteiger partial charge in [0.1, 0.15) is 0 Å². The zero-order chi connectivity index (χ0) is 18.7. The molecule has 1 aromatic rings. The van der Waals surface area contributed by atoms with Crippen LogP contribution in [0.1, 0.15) is 57.9 Å². The van der Waals surface area contributed by atoms with Crippen LogP contribution in [-0.2, 0) is 19.9 Å². The number of sulfone groups is 1. The quantitative estimate of drug-likeness (QED) is 0.780. The molecule has 5 nitrogen and oxygen atoms in total. The van der Waals surface area contributed by atoms with E-state index in [2.05, 4.69) is 18.6 Å². The van der Waals surface area contributed by atoms with Crippen molar-refractivity contribution in [3.05, 3.63) is 29.8 Å². The van der Waals surface area contributed by atoms with Crippen molar-refractivity contribution in [1.29, 1.82) is 0 Å². The van der Waals surface area contributed by atoms with E-state index in [9.17, 15) is 16.8 Å². The summed E-state index contributed by atoms with van der Waals surface area (Å²) in [5.74, 6) is 0.178. The highest BCUT2D eigenvalue weighted by Gasteiger charge is 2.32. The summed E-state index contributed by atoms with van der Waals surface area (Å²) in [5.41, 5.74) is 1.10. The molecule has 0 heterocycles. The van der Waals surface area contributed by atoms with Crippen molar-refractivity contribution in [3.8, 4) is 0 Å². The Morgan fingerprint density at radius 1 is 1.04 bits per heavy atom. The van der Waals surface area contributed by atoms with Gasteiger partial charge in [0.25, 0.3) is 0 Å². The van der Waals surface area contributed by atoms with Gasteiger partial charge < -0.3 is 0 Å². The predicted molar refractivity (Wildman–Crippen MR) is 101 cm³/mol. The first-order valence-electron chi connectivity index (χ1n) is 8.97. The van der Waals surface area contributed by atoms with Crippen molar-refractivity contribution in [2.24, 2.45) is 5.92 Å². The molecule has 0 saturated heterocycles. The Balaban J connectivity index is 2.16. The number of rotatable bonds is 7. The highest BCUT2D eigenvalue weighted by atomic mass is 32.2. The van der Waals surface area contributed by atoms with Gasteiger partial charge in [-0.05, 0) is 49.3 Å². The third-order valence-corrected chi connectivity index (χ3v) is 8.24. The van der Waals surface area contributed by atoms with Crippen molar-refractivity contribution >= 4 is 19.9 Å². The van der Waals surface area contributed by atoms with Crippen LogP contribution in [0.4, 0.5) is 0 Å². The van der Waals surface area contributed by atoms with Crippen molar-refractivity contribution in [2.45, 2.75) is 63.3 Å². The van der Waals surface area contributed by atoms with E-state index in [4.69, 9.17) is 0 Å². The van der Waals surface area contributed by atoms with Crippen LogP contribution in [0, 0.1) is 5.92 Å². The number of nitrogens with one attached hydrogen (secondary N) is 1. The maximum atomic E-state index is 12.8. The molecule has 1 N–H and O–H groups in total. The van der Waals surface area contributed by atoms with Gasteiger partial charge >= 0.3 is 0 Å². The molecule has 2 unspecified atom stereocenters. The van der Waals surface area contributed by atoms with Gasteiger partial charge in [-0.2, -0.15) is 0 Å². The molecule has 0 aliphatic heterocycles. The molecule has 1 fully saturated rings. The van der Waals surface area contributed by atoms with Crippen LogP contribution in [0.5, 0.6) is 0 Å². The zero-order valence-corrected chi connectivity index (χ0v) is 16.9. The van der Waals surface area contributed by atoms with E-state index in [1.54, 1.807) is 19.1 Å². The molecule has 1 aliphatic carbocycles.